The number of nitrogens with zero attached hydrogens (tertiary/aromatic N) is 4. The highest BCUT2D eigenvalue weighted by Crippen LogP contribution is 2.23. The number of nitrogen functional groups attached to an aromatic ring is 2. The summed E-state index contributed by atoms with van der Waals surface area (Å²) in [6.07, 6.45) is 4.85. The maximum atomic E-state index is 11.2. The molecule has 0 spiro atoms. The highest BCUT2D eigenvalue weighted by molar-refractivity contribution is 7.99. The molecule has 0 saturated heterocycles. The van der Waals surface area contributed by atoms with Crippen LogP contribution in [-0.4, -0.2) is 31.6 Å². The van der Waals surface area contributed by atoms with Crippen molar-refractivity contribution in [3.63, 3.8) is 0 Å². The largest absolute Gasteiger partial charge is 0.397 e. The monoisotopic (exact) mass is 279 g/mol. The van der Waals surface area contributed by atoms with E-state index in [0.717, 1.165) is 10.6 Å². The van der Waals surface area contributed by atoms with Crippen molar-refractivity contribution < 1.29 is 4.79 Å². The highest BCUT2D eigenvalue weighted by atomic mass is 32.2. The van der Waals surface area contributed by atoms with Crippen LogP contribution in [0.15, 0.2) is 29.6 Å². The molecule has 0 saturated carbocycles. The number of carbonyl (C=O) groups excluding carboxylic acids is 1. The molecule has 2 rings (SSSR count). The molecule has 0 aliphatic rings. The average Bonchev–Trinajstić information content (AvgIpc) is 2.89. The van der Waals surface area contributed by atoms with E-state index in [4.69, 9.17) is 11.6 Å². The molecule has 2 heterocycles. The van der Waals surface area contributed by atoms with Crippen LogP contribution >= 0.6 is 11.8 Å². The smallest absolute Gasteiger partial charge is 0.287 e. The Labute approximate surface area is 113 Å². The molecule has 0 atom stereocenters. The van der Waals surface area contributed by atoms with Gasteiger partial charge in [-0.25, -0.2) is 5.84 Å². The molecule has 5 N–H and O–H groups in total. The van der Waals surface area contributed by atoms with Crippen molar-refractivity contribution in [2.75, 3.05) is 11.5 Å². The zero-order chi connectivity index (χ0) is 13.7. The average molecular weight is 279 g/mol. The Balaban J connectivity index is 1.88. The quantitative estimate of drug-likeness (QED) is 0.296. The standard InChI is InChI=1S/C10H13N7OS/c11-7-5-13-2-1-9(7)19-4-3-17-6-8(15-16-17)10(18)14-12/h1-2,5-6H,3-4,11-12H2,(H,14,18). The lowest BCUT2D eigenvalue weighted by Crippen LogP contribution is -2.30. The first-order valence-electron chi connectivity index (χ1n) is 5.44. The molecule has 0 aliphatic carbocycles. The molecular weight excluding hydrogens is 266 g/mol. The summed E-state index contributed by atoms with van der Waals surface area (Å²) in [4.78, 5) is 16.1. The van der Waals surface area contributed by atoms with Crippen molar-refractivity contribution in [2.24, 2.45) is 5.84 Å². The van der Waals surface area contributed by atoms with E-state index in [1.54, 1.807) is 35.0 Å². The summed E-state index contributed by atoms with van der Waals surface area (Å²) >= 11 is 1.59. The van der Waals surface area contributed by atoms with E-state index in [2.05, 4.69) is 15.3 Å². The molecule has 0 fully saturated rings. The van der Waals surface area contributed by atoms with Crippen LogP contribution in [0.3, 0.4) is 0 Å². The number of nitrogens with two attached hydrogens (primary N) is 2. The topological polar surface area (TPSA) is 125 Å². The third-order valence-electron chi connectivity index (χ3n) is 2.29. The number of nitrogens with one attached hydrogen (secondary N) is 1. The maximum Gasteiger partial charge on any atom is 0.287 e. The summed E-state index contributed by atoms with van der Waals surface area (Å²) in [7, 11) is 0. The second kappa shape index (κ2) is 6.16. The maximum absolute atomic E-state index is 11.2. The molecule has 0 radical (unpaired) electrons. The lowest BCUT2D eigenvalue weighted by atomic mass is 10.4. The Morgan fingerprint density at radius 3 is 3.11 bits per heavy atom. The van der Waals surface area contributed by atoms with Gasteiger partial charge in [0, 0.05) is 16.8 Å². The molecule has 0 bridgehead atoms. The fourth-order valence-corrected chi connectivity index (χ4v) is 2.23. The third kappa shape index (κ3) is 3.42. The molecule has 0 unspecified atom stereocenters. The van der Waals surface area contributed by atoms with Gasteiger partial charge >= 0.3 is 0 Å². The zero-order valence-corrected chi connectivity index (χ0v) is 10.8. The Hall–Kier alpha value is -2.13. The van der Waals surface area contributed by atoms with E-state index in [0.29, 0.717) is 12.2 Å². The second-order valence-electron chi connectivity index (χ2n) is 3.60. The Kier molecular flexibility index (Phi) is 4.31. The fourth-order valence-electron chi connectivity index (χ4n) is 1.36. The first-order valence-corrected chi connectivity index (χ1v) is 6.42. The van der Waals surface area contributed by atoms with E-state index < -0.39 is 5.91 Å². The first kappa shape index (κ1) is 13.3. The van der Waals surface area contributed by atoms with Crippen LogP contribution in [0.1, 0.15) is 10.5 Å². The number of aryl methyl sites for hydroxylation is 1. The first-order chi connectivity index (χ1) is 9.20. The van der Waals surface area contributed by atoms with Crippen LogP contribution in [0.5, 0.6) is 0 Å². The summed E-state index contributed by atoms with van der Waals surface area (Å²) < 4.78 is 1.58. The van der Waals surface area contributed by atoms with E-state index >= 15 is 0 Å². The third-order valence-corrected chi connectivity index (χ3v) is 3.36. The van der Waals surface area contributed by atoms with E-state index in [1.165, 1.54) is 0 Å². The van der Waals surface area contributed by atoms with Gasteiger partial charge < -0.3 is 5.73 Å². The van der Waals surface area contributed by atoms with Gasteiger partial charge in [-0.05, 0) is 6.07 Å². The minimum Gasteiger partial charge on any atom is -0.397 e. The normalized spacial score (nSPS) is 10.4. The van der Waals surface area contributed by atoms with Gasteiger partial charge in [-0.3, -0.25) is 19.9 Å². The summed E-state index contributed by atoms with van der Waals surface area (Å²) in [5.74, 6) is 5.30. The number of thioether (sulfide) groups is 1. The van der Waals surface area contributed by atoms with Crippen LogP contribution in [0.2, 0.25) is 0 Å². The van der Waals surface area contributed by atoms with Crippen molar-refractivity contribution in [3.05, 3.63) is 30.4 Å². The van der Waals surface area contributed by atoms with Crippen LogP contribution < -0.4 is 17.0 Å². The van der Waals surface area contributed by atoms with Gasteiger partial charge in [0.1, 0.15) is 0 Å². The van der Waals surface area contributed by atoms with E-state index in [1.807, 2.05) is 11.5 Å². The number of rotatable bonds is 5. The van der Waals surface area contributed by atoms with Crippen LogP contribution in [0, 0.1) is 0 Å². The highest BCUT2D eigenvalue weighted by Gasteiger charge is 2.08. The molecule has 8 nitrogen and oxygen atoms in total. The van der Waals surface area contributed by atoms with E-state index in [-0.39, 0.29) is 5.69 Å². The SMILES string of the molecule is NNC(=O)c1cn(CCSc2ccncc2N)nn1. The summed E-state index contributed by atoms with van der Waals surface area (Å²) in [6, 6.07) is 1.86. The van der Waals surface area contributed by atoms with Crippen molar-refractivity contribution in [1.29, 1.82) is 0 Å². The van der Waals surface area contributed by atoms with E-state index in [9.17, 15) is 4.79 Å². The van der Waals surface area contributed by atoms with Crippen LogP contribution in [-0.2, 0) is 6.54 Å². The molecule has 19 heavy (non-hydrogen) atoms. The minimum absolute atomic E-state index is 0.191. The molecule has 9 heteroatoms. The minimum atomic E-state index is -0.461. The molecule has 2 aromatic heterocycles. The van der Waals surface area contributed by atoms with Gasteiger partial charge in [-0.15, -0.1) is 16.9 Å². The Bertz CT molecular complexity index is 571. The lowest BCUT2D eigenvalue weighted by molar-refractivity contribution is 0.0948. The molecule has 0 aromatic carbocycles. The fraction of sp³-hybridized carbons (Fsp3) is 0.200. The van der Waals surface area contributed by atoms with Gasteiger partial charge in [-0.2, -0.15) is 0 Å². The van der Waals surface area contributed by atoms with Crippen LogP contribution in [0.4, 0.5) is 5.69 Å². The molecule has 0 aliphatic heterocycles. The van der Waals surface area contributed by atoms with Gasteiger partial charge in [0.2, 0.25) is 0 Å². The molecule has 1 amide bonds. The van der Waals surface area contributed by atoms with Crippen molar-refractivity contribution in [2.45, 2.75) is 11.4 Å². The van der Waals surface area contributed by atoms with Crippen molar-refractivity contribution >= 4 is 23.4 Å². The number of anilines is 1. The predicted molar refractivity (Wildman–Crippen MR) is 71.0 cm³/mol. The number of amides is 1. The van der Waals surface area contributed by atoms with Gasteiger partial charge in [0.05, 0.1) is 24.6 Å². The number of hydrogen-bond donors (Lipinski definition) is 3. The summed E-state index contributed by atoms with van der Waals surface area (Å²) in [5, 5.41) is 7.54. The number of pyridine rings is 1. The van der Waals surface area contributed by atoms with Crippen LogP contribution in [0.25, 0.3) is 0 Å². The molecule has 100 valence electrons. The Morgan fingerprint density at radius 2 is 2.37 bits per heavy atom. The zero-order valence-electron chi connectivity index (χ0n) is 9.98. The number of hydrogen-bond acceptors (Lipinski definition) is 7. The van der Waals surface area contributed by atoms with Gasteiger partial charge in [0.25, 0.3) is 5.91 Å². The summed E-state index contributed by atoms with van der Waals surface area (Å²) in [6.45, 7) is 0.608. The van der Waals surface area contributed by atoms with Crippen molar-refractivity contribution in [1.82, 2.24) is 25.4 Å². The predicted octanol–water partition coefficient (Wildman–Crippen LogP) is -0.349. The van der Waals surface area contributed by atoms with Gasteiger partial charge in [0.15, 0.2) is 5.69 Å². The lowest BCUT2D eigenvalue weighted by Gasteiger charge is -2.03. The molecular formula is C10H13N7OS. The molecule has 2 aromatic rings. The van der Waals surface area contributed by atoms with Gasteiger partial charge in [-0.1, -0.05) is 5.21 Å². The van der Waals surface area contributed by atoms with Crippen molar-refractivity contribution in [3.8, 4) is 0 Å². The Morgan fingerprint density at radius 1 is 1.53 bits per heavy atom. The number of aromatic nitrogens is 4. The number of hydrazine groups is 1. The number of carbonyl (C=O) groups is 1. The summed E-state index contributed by atoms with van der Waals surface area (Å²) in [5.41, 5.74) is 8.62. The second-order valence-corrected chi connectivity index (χ2v) is 4.74.